The molecule has 6 nitrogen and oxygen atoms in total. The summed E-state index contributed by atoms with van der Waals surface area (Å²) in [6, 6.07) is 14.5. The highest BCUT2D eigenvalue weighted by molar-refractivity contribution is 9.10. The summed E-state index contributed by atoms with van der Waals surface area (Å²) in [5, 5.41) is 1.98. The van der Waals surface area contributed by atoms with Crippen molar-refractivity contribution in [2.45, 2.75) is 6.92 Å². The van der Waals surface area contributed by atoms with Gasteiger partial charge in [-0.25, -0.2) is 4.39 Å². The van der Waals surface area contributed by atoms with Gasteiger partial charge in [-0.1, -0.05) is 22.0 Å². The molecule has 3 aromatic rings. The lowest BCUT2D eigenvalue weighted by Gasteiger charge is -2.12. The summed E-state index contributed by atoms with van der Waals surface area (Å²) in [7, 11) is 0. The Labute approximate surface area is 195 Å². The summed E-state index contributed by atoms with van der Waals surface area (Å²) in [6.45, 7) is 1.53. The number of anilines is 1. The van der Waals surface area contributed by atoms with Crippen LogP contribution in [0.15, 0.2) is 68.4 Å². The maximum atomic E-state index is 13.0. The Bertz CT molecular complexity index is 1250. The number of halogens is 2. The summed E-state index contributed by atoms with van der Waals surface area (Å²) >= 11 is 4.20. The van der Waals surface area contributed by atoms with E-state index in [1.165, 1.54) is 30.3 Å². The highest BCUT2D eigenvalue weighted by Crippen LogP contribution is 2.33. The number of imide groups is 1. The van der Waals surface area contributed by atoms with Crippen molar-refractivity contribution in [1.82, 2.24) is 4.90 Å². The Morgan fingerprint density at radius 3 is 2.62 bits per heavy atom. The molecule has 0 aliphatic carbocycles. The second kappa shape index (κ2) is 9.13. The van der Waals surface area contributed by atoms with Crippen LogP contribution in [0.1, 0.15) is 11.3 Å². The Morgan fingerprint density at radius 2 is 1.91 bits per heavy atom. The van der Waals surface area contributed by atoms with Crippen LogP contribution in [0.25, 0.3) is 17.4 Å². The largest absolute Gasteiger partial charge is 0.457 e. The van der Waals surface area contributed by atoms with Crippen molar-refractivity contribution in [3.05, 3.63) is 81.1 Å². The first-order valence-corrected chi connectivity index (χ1v) is 11.1. The van der Waals surface area contributed by atoms with E-state index in [1.54, 1.807) is 12.1 Å². The monoisotopic (exact) mass is 514 g/mol. The fourth-order valence-corrected chi connectivity index (χ4v) is 4.09. The molecular formula is C23H16BrFN2O4S. The molecule has 2 heterocycles. The van der Waals surface area contributed by atoms with E-state index in [-0.39, 0.29) is 4.91 Å². The zero-order valence-corrected chi connectivity index (χ0v) is 19.1. The molecule has 0 unspecified atom stereocenters. The molecule has 1 aliphatic rings. The van der Waals surface area contributed by atoms with Crippen LogP contribution in [-0.4, -0.2) is 28.5 Å². The number of aryl methyl sites for hydroxylation is 1. The number of thioether (sulfide) groups is 1. The summed E-state index contributed by atoms with van der Waals surface area (Å²) in [5.41, 5.74) is 2.31. The van der Waals surface area contributed by atoms with Crippen molar-refractivity contribution >= 4 is 56.5 Å². The average Bonchev–Trinajstić information content (AvgIpc) is 3.32. The Morgan fingerprint density at radius 1 is 1.16 bits per heavy atom. The van der Waals surface area contributed by atoms with E-state index in [4.69, 9.17) is 4.42 Å². The van der Waals surface area contributed by atoms with Gasteiger partial charge in [-0.15, -0.1) is 0 Å². The summed E-state index contributed by atoms with van der Waals surface area (Å²) < 4.78 is 19.8. The normalized spacial score (nSPS) is 15.0. The lowest BCUT2D eigenvalue weighted by Crippen LogP contribution is -2.36. The van der Waals surface area contributed by atoms with Gasteiger partial charge in [0.05, 0.1) is 4.91 Å². The van der Waals surface area contributed by atoms with Gasteiger partial charge in [-0.05, 0) is 72.8 Å². The van der Waals surface area contributed by atoms with Crippen molar-refractivity contribution in [2.24, 2.45) is 0 Å². The Balaban J connectivity index is 1.45. The average molecular weight is 515 g/mol. The van der Waals surface area contributed by atoms with E-state index >= 15 is 0 Å². The second-order valence-corrected chi connectivity index (χ2v) is 8.84. The lowest BCUT2D eigenvalue weighted by molar-refractivity contribution is -0.127. The third kappa shape index (κ3) is 4.84. The minimum absolute atomic E-state index is 0.164. The van der Waals surface area contributed by atoms with Gasteiger partial charge in [0.1, 0.15) is 23.9 Å². The molecular weight excluding hydrogens is 499 g/mol. The molecule has 0 saturated carbocycles. The smallest absolute Gasteiger partial charge is 0.294 e. The molecule has 3 amide bonds. The van der Waals surface area contributed by atoms with Crippen LogP contribution >= 0.6 is 27.7 Å². The molecule has 9 heteroatoms. The predicted octanol–water partition coefficient (Wildman–Crippen LogP) is 5.83. The van der Waals surface area contributed by atoms with Crippen molar-refractivity contribution in [3.63, 3.8) is 0 Å². The fourth-order valence-electron chi connectivity index (χ4n) is 3.03. The van der Waals surface area contributed by atoms with E-state index < -0.39 is 29.4 Å². The third-order valence-corrected chi connectivity index (χ3v) is 6.44. The standard InChI is InChI=1S/C23H16BrFN2O4S/c1-13-10-14(2-8-18(13)24)19-9-7-17(31-19)11-20-22(29)27(23(30)32-20)12-21(28)26-16-5-3-15(25)4-6-16/h2-11H,12H2,1H3,(H,26,28)/b20-11-. The van der Waals surface area contributed by atoms with Crippen LogP contribution in [0.3, 0.4) is 0 Å². The number of hydrogen-bond donors (Lipinski definition) is 1. The number of rotatable bonds is 5. The maximum Gasteiger partial charge on any atom is 0.294 e. The highest BCUT2D eigenvalue weighted by atomic mass is 79.9. The van der Waals surface area contributed by atoms with Gasteiger partial charge >= 0.3 is 0 Å². The number of amides is 3. The molecule has 0 atom stereocenters. The molecule has 1 aromatic heterocycles. The van der Waals surface area contributed by atoms with Crippen LogP contribution in [0.2, 0.25) is 0 Å². The minimum Gasteiger partial charge on any atom is -0.457 e. The van der Waals surface area contributed by atoms with Crippen LogP contribution in [0.4, 0.5) is 14.9 Å². The van der Waals surface area contributed by atoms with Crippen molar-refractivity contribution in [1.29, 1.82) is 0 Å². The van der Waals surface area contributed by atoms with Crippen LogP contribution in [-0.2, 0) is 9.59 Å². The minimum atomic E-state index is -0.577. The summed E-state index contributed by atoms with van der Waals surface area (Å²) in [5.74, 6) is -0.528. The van der Waals surface area contributed by atoms with Gasteiger partial charge in [0.25, 0.3) is 11.1 Å². The SMILES string of the molecule is Cc1cc(-c2ccc(/C=C3\SC(=O)N(CC(=O)Nc4ccc(F)cc4)C3=O)o2)ccc1Br. The van der Waals surface area contributed by atoms with Crippen molar-refractivity contribution < 1.29 is 23.2 Å². The number of hydrogen-bond acceptors (Lipinski definition) is 5. The topological polar surface area (TPSA) is 79.6 Å². The second-order valence-electron chi connectivity index (χ2n) is 6.99. The predicted molar refractivity (Wildman–Crippen MR) is 124 cm³/mol. The van der Waals surface area contributed by atoms with Crippen molar-refractivity contribution in [3.8, 4) is 11.3 Å². The first-order chi connectivity index (χ1) is 15.3. The van der Waals surface area contributed by atoms with Crippen LogP contribution in [0.5, 0.6) is 0 Å². The maximum absolute atomic E-state index is 13.0. The van der Waals surface area contributed by atoms with Crippen molar-refractivity contribution in [2.75, 3.05) is 11.9 Å². The van der Waals surface area contributed by atoms with Crippen LogP contribution in [0, 0.1) is 12.7 Å². The van der Waals surface area contributed by atoms with Crippen LogP contribution < -0.4 is 5.32 Å². The zero-order valence-electron chi connectivity index (χ0n) is 16.7. The first kappa shape index (κ1) is 22.0. The molecule has 1 saturated heterocycles. The molecule has 2 aromatic carbocycles. The number of nitrogens with one attached hydrogen (secondary N) is 1. The first-order valence-electron chi connectivity index (χ1n) is 9.47. The quantitative estimate of drug-likeness (QED) is 0.433. The summed E-state index contributed by atoms with van der Waals surface area (Å²) in [6.07, 6.45) is 1.48. The van der Waals surface area contributed by atoms with Gasteiger partial charge in [0, 0.05) is 21.8 Å². The van der Waals surface area contributed by atoms with E-state index in [9.17, 15) is 18.8 Å². The Hall–Kier alpha value is -3.17. The summed E-state index contributed by atoms with van der Waals surface area (Å²) in [4.78, 5) is 38.2. The molecule has 4 rings (SSSR count). The molecule has 162 valence electrons. The lowest BCUT2D eigenvalue weighted by atomic mass is 10.1. The van der Waals surface area contributed by atoms with E-state index in [1.807, 2.05) is 25.1 Å². The molecule has 0 spiro atoms. The zero-order chi connectivity index (χ0) is 22.8. The third-order valence-electron chi connectivity index (χ3n) is 4.65. The van der Waals surface area contributed by atoms with Gasteiger partial charge in [0.15, 0.2) is 0 Å². The number of carbonyl (C=O) groups excluding carboxylic acids is 3. The molecule has 32 heavy (non-hydrogen) atoms. The van der Waals surface area contributed by atoms with E-state index in [0.29, 0.717) is 17.2 Å². The van der Waals surface area contributed by atoms with Gasteiger partial charge in [-0.2, -0.15) is 0 Å². The fraction of sp³-hybridized carbons (Fsp3) is 0.0870. The van der Waals surface area contributed by atoms with E-state index in [2.05, 4.69) is 21.2 Å². The molecule has 1 N–H and O–H groups in total. The molecule has 0 bridgehead atoms. The number of carbonyl (C=O) groups is 3. The molecule has 0 radical (unpaired) electrons. The van der Waals surface area contributed by atoms with E-state index in [0.717, 1.165) is 32.3 Å². The molecule has 1 fully saturated rings. The van der Waals surface area contributed by atoms with Gasteiger partial charge in [-0.3, -0.25) is 19.3 Å². The number of furan rings is 1. The van der Waals surface area contributed by atoms with Gasteiger partial charge in [0.2, 0.25) is 5.91 Å². The number of nitrogens with zero attached hydrogens (tertiary/aromatic N) is 1. The number of benzene rings is 2. The molecule has 1 aliphatic heterocycles. The van der Waals surface area contributed by atoms with Gasteiger partial charge < -0.3 is 9.73 Å². The highest BCUT2D eigenvalue weighted by Gasteiger charge is 2.36. The Kier molecular flexibility index (Phi) is 6.29.